The van der Waals surface area contributed by atoms with E-state index in [9.17, 15) is 13.2 Å². The molecule has 0 atom stereocenters. The van der Waals surface area contributed by atoms with E-state index in [0.29, 0.717) is 43.4 Å². The lowest BCUT2D eigenvalue weighted by Gasteiger charge is -2.31. The van der Waals surface area contributed by atoms with E-state index in [1.54, 1.807) is 25.3 Å². The number of carbonyl (C=O) groups is 1. The van der Waals surface area contributed by atoms with Crippen molar-refractivity contribution in [1.29, 1.82) is 0 Å². The smallest absolute Gasteiger partial charge is 0.262 e. The molecule has 1 aliphatic heterocycles. The molecule has 0 aromatic heterocycles. The molecule has 1 saturated heterocycles. The monoisotopic (exact) mass is 433 g/mol. The molecule has 0 spiro atoms. The maximum atomic E-state index is 12.8. The number of carbonyl (C=O) groups excluding carboxylic acids is 1. The number of ether oxygens (including phenoxy) is 2. The number of amides is 1. The average molecular weight is 434 g/mol. The number of anilines is 1. The lowest BCUT2D eigenvalue weighted by molar-refractivity contribution is -0.118. The van der Waals surface area contributed by atoms with Gasteiger partial charge in [-0.05, 0) is 55.9 Å². The van der Waals surface area contributed by atoms with Crippen molar-refractivity contribution < 1.29 is 22.7 Å². The molecule has 2 aromatic carbocycles. The van der Waals surface area contributed by atoms with Gasteiger partial charge in [-0.3, -0.25) is 4.79 Å². The van der Waals surface area contributed by atoms with Crippen molar-refractivity contribution >= 4 is 21.6 Å². The van der Waals surface area contributed by atoms with Gasteiger partial charge in [0.05, 0.1) is 12.0 Å². The third-order valence-electron chi connectivity index (χ3n) is 4.92. The van der Waals surface area contributed by atoms with E-state index in [1.807, 2.05) is 26.1 Å². The molecule has 3 rings (SSSR count). The van der Waals surface area contributed by atoms with Crippen molar-refractivity contribution in [2.75, 3.05) is 52.3 Å². The summed E-state index contributed by atoms with van der Waals surface area (Å²) in [5.74, 6) is 0.681. The van der Waals surface area contributed by atoms with E-state index in [4.69, 9.17) is 9.47 Å². The highest BCUT2D eigenvalue weighted by Gasteiger charge is 2.27. The first kappa shape index (κ1) is 22.1. The van der Waals surface area contributed by atoms with Gasteiger partial charge in [0.15, 0.2) is 18.1 Å². The Balaban J connectivity index is 1.58. The first-order chi connectivity index (χ1) is 14.3. The van der Waals surface area contributed by atoms with Crippen molar-refractivity contribution in [1.82, 2.24) is 9.21 Å². The fraction of sp³-hybridized carbons (Fsp3) is 0.381. The highest BCUT2D eigenvalue weighted by Crippen LogP contribution is 2.27. The molecule has 1 amide bonds. The minimum Gasteiger partial charge on any atom is -0.493 e. The molecular formula is C21H27N3O5S. The van der Waals surface area contributed by atoms with Crippen molar-refractivity contribution in [3.8, 4) is 11.5 Å². The van der Waals surface area contributed by atoms with Gasteiger partial charge < -0.3 is 19.7 Å². The zero-order chi connectivity index (χ0) is 21.7. The standard InChI is InChI=1S/C21H27N3O5S/c1-16-4-9-19(20(14-16)28-3)29-15-21(25)22-17-5-7-18(8-6-17)30(26,27)24-12-10-23(2)11-13-24/h4-9,14H,10-13,15H2,1-3H3,(H,22,25). The Bertz CT molecular complexity index is 984. The fourth-order valence-corrected chi connectivity index (χ4v) is 4.54. The number of nitrogens with zero attached hydrogens (tertiary/aromatic N) is 2. The Labute approximate surface area is 177 Å². The number of aryl methyl sites for hydroxylation is 1. The van der Waals surface area contributed by atoms with Gasteiger partial charge >= 0.3 is 0 Å². The van der Waals surface area contributed by atoms with Crippen LogP contribution in [0.2, 0.25) is 0 Å². The second kappa shape index (κ2) is 9.46. The number of hydrogen-bond donors (Lipinski definition) is 1. The van der Waals surface area contributed by atoms with Gasteiger partial charge in [-0.25, -0.2) is 8.42 Å². The highest BCUT2D eigenvalue weighted by molar-refractivity contribution is 7.89. The Morgan fingerprint density at radius 1 is 1.03 bits per heavy atom. The summed E-state index contributed by atoms with van der Waals surface area (Å²) in [7, 11) is -0.0194. The minimum atomic E-state index is -3.53. The summed E-state index contributed by atoms with van der Waals surface area (Å²) in [6.07, 6.45) is 0. The summed E-state index contributed by atoms with van der Waals surface area (Å²) in [4.78, 5) is 14.5. The van der Waals surface area contributed by atoms with Crippen LogP contribution >= 0.6 is 0 Å². The van der Waals surface area contributed by atoms with E-state index in [1.165, 1.54) is 16.4 Å². The van der Waals surface area contributed by atoms with Crippen molar-refractivity contribution in [3.63, 3.8) is 0 Å². The van der Waals surface area contributed by atoms with Crippen LogP contribution in [0.15, 0.2) is 47.4 Å². The summed E-state index contributed by atoms with van der Waals surface area (Å²) in [5.41, 5.74) is 1.52. The second-order valence-corrected chi connectivity index (χ2v) is 9.16. The van der Waals surface area contributed by atoms with Crippen molar-refractivity contribution in [2.24, 2.45) is 0 Å². The lowest BCUT2D eigenvalue weighted by Crippen LogP contribution is -2.46. The van der Waals surface area contributed by atoms with E-state index in [0.717, 1.165) is 5.56 Å². The van der Waals surface area contributed by atoms with E-state index in [2.05, 4.69) is 10.2 Å². The molecular weight excluding hydrogens is 406 g/mol. The molecule has 1 N–H and O–H groups in total. The van der Waals surface area contributed by atoms with Crippen molar-refractivity contribution in [3.05, 3.63) is 48.0 Å². The van der Waals surface area contributed by atoms with Crippen LogP contribution in [0.25, 0.3) is 0 Å². The van der Waals surface area contributed by atoms with Gasteiger partial charge in [0.1, 0.15) is 0 Å². The van der Waals surface area contributed by atoms with Gasteiger partial charge in [0, 0.05) is 31.9 Å². The molecule has 162 valence electrons. The third-order valence-corrected chi connectivity index (χ3v) is 6.83. The van der Waals surface area contributed by atoms with Crippen LogP contribution in [0.3, 0.4) is 0 Å². The Hall–Kier alpha value is -2.62. The van der Waals surface area contributed by atoms with Crippen LogP contribution < -0.4 is 14.8 Å². The molecule has 1 heterocycles. The van der Waals surface area contributed by atoms with Crippen LogP contribution in [0, 0.1) is 6.92 Å². The van der Waals surface area contributed by atoms with Crippen molar-refractivity contribution in [2.45, 2.75) is 11.8 Å². The zero-order valence-electron chi connectivity index (χ0n) is 17.4. The van der Waals surface area contributed by atoms with E-state index >= 15 is 0 Å². The number of benzene rings is 2. The summed E-state index contributed by atoms with van der Waals surface area (Å²) in [5, 5.41) is 2.71. The molecule has 8 nitrogen and oxygen atoms in total. The summed E-state index contributed by atoms with van der Waals surface area (Å²) in [6, 6.07) is 11.6. The zero-order valence-corrected chi connectivity index (χ0v) is 18.2. The third kappa shape index (κ3) is 5.29. The maximum absolute atomic E-state index is 12.8. The molecule has 0 radical (unpaired) electrons. The highest BCUT2D eigenvalue weighted by atomic mass is 32.2. The predicted octanol–water partition coefficient (Wildman–Crippen LogP) is 1.96. The Kier molecular flexibility index (Phi) is 6.96. The average Bonchev–Trinajstić information content (AvgIpc) is 2.73. The topological polar surface area (TPSA) is 88.2 Å². The predicted molar refractivity (Wildman–Crippen MR) is 115 cm³/mol. The molecule has 1 fully saturated rings. The van der Waals surface area contributed by atoms with Gasteiger partial charge in [-0.2, -0.15) is 4.31 Å². The number of nitrogens with one attached hydrogen (secondary N) is 1. The van der Waals surface area contributed by atoms with Crippen LogP contribution in [-0.4, -0.2) is 70.5 Å². The Morgan fingerprint density at radius 2 is 1.70 bits per heavy atom. The summed E-state index contributed by atoms with van der Waals surface area (Å²) >= 11 is 0. The molecule has 30 heavy (non-hydrogen) atoms. The normalized spacial score (nSPS) is 15.6. The first-order valence-electron chi connectivity index (χ1n) is 9.65. The molecule has 0 bridgehead atoms. The molecule has 0 unspecified atom stereocenters. The molecule has 2 aromatic rings. The summed E-state index contributed by atoms with van der Waals surface area (Å²) in [6.45, 7) is 4.10. The molecule has 0 aliphatic carbocycles. The Morgan fingerprint density at radius 3 is 2.33 bits per heavy atom. The van der Waals surface area contributed by atoms with Gasteiger partial charge in [-0.1, -0.05) is 6.07 Å². The van der Waals surface area contributed by atoms with Gasteiger partial charge in [0.2, 0.25) is 10.0 Å². The van der Waals surface area contributed by atoms with Crippen LogP contribution in [0.5, 0.6) is 11.5 Å². The number of methoxy groups -OCH3 is 1. The number of likely N-dealkylation sites (N-methyl/N-ethyl adjacent to an activating group) is 1. The van der Waals surface area contributed by atoms with Crippen LogP contribution in [0.4, 0.5) is 5.69 Å². The van der Waals surface area contributed by atoms with E-state index < -0.39 is 10.0 Å². The van der Waals surface area contributed by atoms with Crippen LogP contribution in [-0.2, 0) is 14.8 Å². The number of hydrogen-bond acceptors (Lipinski definition) is 6. The maximum Gasteiger partial charge on any atom is 0.262 e. The minimum absolute atomic E-state index is 0.194. The van der Waals surface area contributed by atoms with Gasteiger partial charge in [-0.15, -0.1) is 0 Å². The SMILES string of the molecule is COc1cc(C)ccc1OCC(=O)Nc1ccc(S(=O)(=O)N2CCN(C)CC2)cc1. The fourth-order valence-electron chi connectivity index (χ4n) is 3.12. The quantitative estimate of drug-likeness (QED) is 0.718. The number of sulfonamides is 1. The lowest BCUT2D eigenvalue weighted by atomic mass is 10.2. The second-order valence-electron chi connectivity index (χ2n) is 7.22. The largest absolute Gasteiger partial charge is 0.493 e. The summed E-state index contributed by atoms with van der Waals surface area (Å²) < 4.78 is 37.8. The number of piperazine rings is 1. The van der Waals surface area contributed by atoms with E-state index in [-0.39, 0.29) is 17.4 Å². The van der Waals surface area contributed by atoms with Crippen LogP contribution in [0.1, 0.15) is 5.56 Å². The first-order valence-corrected chi connectivity index (χ1v) is 11.1. The molecule has 1 aliphatic rings. The molecule has 0 saturated carbocycles. The van der Waals surface area contributed by atoms with Gasteiger partial charge in [0.25, 0.3) is 5.91 Å². The number of rotatable bonds is 7. The molecule has 9 heteroatoms.